The first kappa shape index (κ1) is 11.9. The first-order valence-corrected chi connectivity index (χ1v) is 7.56. The van der Waals surface area contributed by atoms with Gasteiger partial charge in [0.2, 0.25) is 0 Å². The Morgan fingerprint density at radius 1 is 1.00 bits per heavy atom. The molecule has 3 aromatic rings. The van der Waals surface area contributed by atoms with Crippen LogP contribution < -0.4 is 0 Å². The second-order valence-electron chi connectivity index (χ2n) is 4.44. The third kappa shape index (κ3) is 2.23. The molecule has 1 aromatic heterocycles. The fourth-order valence-electron chi connectivity index (χ4n) is 2.25. The average Bonchev–Trinajstić information content (AvgIpc) is 2.69. The van der Waals surface area contributed by atoms with Crippen LogP contribution in [0.2, 0.25) is 0 Å². The van der Waals surface area contributed by atoms with Gasteiger partial charge in [0.05, 0.1) is 0 Å². The molecule has 0 unspecified atom stereocenters. The van der Waals surface area contributed by atoms with E-state index in [2.05, 4.69) is 71.4 Å². The fraction of sp³-hybridized carbons (Fsp3) is 0.125. The van der Waals surface area contributed by atoms with Gasteiger partial charge in [0.15, 0.2) is 0 Å². The molecule has 18 heavy (non-hydrogen) atoms. The summed E-state index contributed by atoms with van der Waals surface area (Å²) in [5.74, 6) is 0. The van der Waals surface area contributed by atoms with E-state index in [9.17, 15) is 0 Å². The van der Waals surface area contributed by atoms with Crippen molar-refractivity contribution in [2.45, 2.75) is 13.3 Å². The average molecular weight is 317 g/mol. The van der Waals surface area contributed by atoms with Crippen LogP contribution in [-0.4, -0.2) is 0 Å². The molecule has 0 saturated heterocycles. The number of fused-ring (bicyclic) bond motifs is 1. The number of aryl methyl sites for hydroxylation is 1. The summed E-state index contributed by atoms with van der Waals surface area (Å²) in [4.78, 5) is 1.43. The second-order valence-corrected chi connectivity index (χ2v) is 6.61. The molecule has 1 heterocycles. The lowest BCUT2D eigenvalue weighted by Gasteiger charge is -2.03. The molecule has 0 nitrogen and oxygen atoms in total. The minimum Gasteiger partial charge on any atom is -0.140 e. The Bertz CT molecular complexity index is 680. The Morgan fingerprint density at radius 2 is 1.72 bits per heavy atom. The summed E-state index contributed by atoms with van der Waals surface area (Å²) in [5, 5.41) is 1.41. The van der Waals surface area contributed by atoms with Crippen molar-refractivity contribution in [3.63, 3.8) is 0 Å². The van der Waals surface area contributed by atoms with Gasteiger partial charge in [-0.3, -0.25) is 0 Å². The van der Waals surface area contributed by atoms with Crippen molar-refractivity contribution in [1.29, 1.82) is 0 Å². The van der Waals surface area contributed by atoms with Gasteiger partial charge in [-0.2, -0.15) is 0 Å². The van der Waals surface area contributed by atoms with Gasteiger partial charge in [-0.1, -0.05) is 46.3 Å². The van der Waals surface area contributed by atoms with Gasteiger partial charge >= 0.3 is 0 Å². The molecule has 3 rings (SSSR count). The predicted octanol–water partition coefficient (Wildman–Crippen LogP) is 5.56. The topological polar surface area (TPSA) is 0 Å². The van der Waals surface area contributed by atoms with E-state index in [-0.39, 0.29) is 0 Å². The molecular weight excluding hydrogens is 304 g/mol. The summed E-state index contributed by atoms with van der Waals surface area (Å²) in [7, 11) is 0. The maximum absolute atomic E-state index is 3.48. The number of halogens is 1. The number of rotatable bonds is 2. The Morgan fingerprint density at radius 3 is 2.50 bits per heavy atom. The summed E-state index contributed by atoms with van der Waals surface area (Å²) in [5.41, 5.74) is 2.84. The van der Waals surface area contributed by atoms with Crippen LogP contribution in [0.3, 0.4) is 0 Å². The van der Waals surface area contributed by atoms with Crippen molar-refractivity contribution in [1.82, 2.24) is 0 Å². The molecule has 0 bridgehead atoms. The van der Waals surface area contributed by atoms with Crippen LogP contribution in [0.25, 0.3) is 10.1 Å². The van der Waals surface area contributed by atoms with Gasteiger partial charge in [0.1, 0.15) is 0 Å². The van der Waals surface area contributed by atoms with Crippen LogP contribution in [-0.2, 0) is 6.42 Å². The molecule has 0 aliphatic heterocycles. The van der Waals surface area contributed by atoms with Crippen LogP contribution in [0.4, 0.5) is 0 Å². The van der Waals surface area contributed by atoms with Crippen LogP contribution in [0.15, 0.2) is 53.0 Å². The normalized spacial score (nSPS) is 11.0. The summed E-state index contributed by atoms with van der Waals surface area (Å²) in [6, 6.07) is 17.3. The van der Waals surface area contributed by atoms with Gasteiger partial charge in [-0.15, -0.1) is 11.3 Å². The van der Waals surface area contributed by atoms with E-state index in [0.717, 1.165) is 10.9 Å². The number of benzene rings is 2. The number of hydrogen-bond donors (Lipinski definition) is 0. The molecule has 0 saturated carbocycles. The highest BCUT2D eigenvalue weighted by Crippen LogP contribution is 2.32. The van der Waals surface area contributed by atoms with Crippen LogP contribution >= 0.6 is 27.3 Å². The largest absolute Gasteiger partial charge is 0.140 e. The molecule has 0 N–H and O–H groups in total. The minimum absolute atomic E-state index is 1.02. The minimum atomic E-state index is 1.02. The summed E-state index contributed by atoms with van der Waals surface area (Å²) >= 11 is 5.37. The van der Waals surface area contributed by atoms with E-state index in [1.165, 1.54) is 26.1 Å². The monoisotopic (exact) mass is 316 g/mol. The van der Waals surface area contributed by atoms with Crippen molar-refractivity contribution in [3.8, 4) is 0 Å². The Balaban J connectivity index is 2.04. The van der Waals surface area contributed by atoms with E-state index in [1.807, 2.05) is 11.3 Å². The van der Waals surface area contributed by atoms with Gasteiger partial charge in [0, 0.05) is 14.0 Å². The SMILES string of the molecule is Cc1sc2ccccc2c1Cc1ccc(Br)cc1. The first-order chi connectivity index (χ1) is 8.74. The fourth-order valence-corrected chi connectivity index (χ4v) is 3.59. The van der Waals surface area contributed by atoms with Gasteiger partial charge < -0.3 is 0 Å². The molecule has 0 radical (unpaired) electrons. The van der Waals surface area contributed by atoms with E-state index in [4.69, 9.17) is 0 Å². The zero-order chi connectivity index (χ0) is 12.5. The van der Waals surface area contributed by atoms with Gasteiger partial charge in [0.25, 0.3) is 0 Å². The molecule has 2 heteroatoms. The lowest BCUT2D eigenvalue weighted by atomic mass is 10.0. The van der Waals surface area contributed by atoms with Crippen molar-refractivity contribution < 1.29 is 0 Å². The molecule has 0 amide bonds. The van der Waals surface area contributed by atoms with E-state index in [1.54, 1.807) is 0 Å². The lowest BCUT2D eigenvalue weighted by Crippen LogP contribution is -1.88. The maximum atomic E-state index is 3.48. The molecule has 0 aliphatic rings. The molecule has 0 fully saturated rings. The lowest BCUT2D eigenvalue weighted by molar-refractivity contribution is 1.20. The van der Waals surface area contributed by atoms with Crippen molar-refractivity contribution in [3.05, 3.63) is 69.0 Å². The van der Waals surface area contributed by atoms with Gasteiger partial charge in [-0.25, -0.2) is 0 Å². The highest BCUT2D eigenvalue weighted by Gasteiger charge is 2.08. The van der Waals surface area contributed by atoms with Crippen molar-refractivity contribution in [2.24, 2.45) is 0 Å². The molecule has 0 spiro atoms. The van der Waals surface area contributed by atoms with Crippen LogP contribution in [0.5, 0.6) is 0 Å². The third-order valence-corrected chi connectivity index (χ3v) is 4.85. The second kappa shape index (κ2) is 4.87. The summed E-state index contributed by atoms with van der Waals surface area (Å²) in [6.45, 7) is 2.22. The zero-order valence-electron chi connectivity index (χ0n) is 10.1. The Labute approximate surface area is 119 Å². The van der Waals surface area contributed by atoms with Crippen LogP contribution in [0, 0.1) is 6.92 Å². The standard InChI is InChI=1S/C16H13BrS/c1-11-15(10-12-6-8-13(17)9-7-12)14-4-2-3-5-16(14)18-11/h2-9H,10H2,1H3. The van der Waals surface area contributed by atoms with Crippen LogP contribution in [0.1, 0.15) is 16.0 Å². The maximum Gasteiger partial charge on any atom is 0.0348 e. The molecule has 2 aromatic carbocycles. The molecular formula is C16H13BrS. The van der Waals surface area contributed by atoms with Gasteiger partial charge in [-0.05, 0) is 48.1 Å². The number of thiophene rings is 1. The number of hydrogen-bond acceptors (Lipinski definition) is 1. The Kier molecular flexibility index (Phi) is 3.23. The smallest absolute Gasteiger partial charge is 0.0348 e. The zero-order valence-corrected chi connectivity index (χ0v) is 12.5. The quantitative estimate of drug-likeness (QED) is 0.580. The Hall–Kier alpha value is -1.12. The molecule has 0 aliphatic carbocycles. The molecule has 90 valence electrons. The first-order valence-electron chi connectivity index (χ1n) is 5.95. The van der Waals surface area contributed by atoms with E-state index in [0.29, 0.717) is 0 Å². The van der Waals surface area contributed by atoms with E-state index < -0.39 is 0 Å². The van der Waals surface area contributed by atoms with Crippen molar-refractivity contribution in [2.75, 3.05) is 0 Å². The van der Waals surface area contributed by atoms with Crippen molar-refractivity contribution >= 4 is 37.4 Å². The van der Waals surface area contributed by atoms with E-state index >= 15 is 0 Å². The highest BCUT2D eigenvalue weighted by molar-refractivity contribution is 9.10. The predicted molar refractivity (Wildman–Crippen MR) is 83.5 cm³/mol. The highest BCUT2D eigenvalue weighted by atomic mass is 79.9. The summed E-state index contributed by atoms with van der Waals surface area (Å²) in [6.07, 6.45) is 1.02. The summed E-state index contributed by atoms with van der Waals surface area (Å²) < 4.78 is 2.53. The molecule has 0 atom stereocenters. The third-order valence-electron chi connectivity index (χ3n) is 3.19.